The van der Waals surface area contributed by atoms with Crippen molar-refractivity contribution in [3.8, 4) is 11.3 Å². The molecule has 5 nitrogen and oxygen atoms in total. The lowest BCUT2D eigenvalue weighted by atomic mass is 10.0. The summed E-state index contributed by atoms with van der Waals surface area (Å²) < 4.78 is 3.60. The van der Waals surface area contributed by atoms with E-state index < -0.39 is 0 Å². The molecular weight excluding hydrogens is 362 g/mol. The zero-order valence-electron chi connectivity index (χ0n) is 13.7. The normalized spacial score (nSPS) is 13.8. The van der Waals surface area contributed by atoms with Gasteiger partial charge in [-0.15, -0.1) is 16.3 Å². The van der Waals surface area contributed by atoms with Gasteiger partial charge in [-0.3, -0.25) is 0 Å². The average Bonchev–Trinajstić information content (AvgIpc) is 3.37. The van der Waals surface area contributed by atoms with Gasteiger partial charge in [-0.05, 0) is 42.6 Å². The van der Waals surface area contributed by atoms with Crippen molar-refractivity contribution in [2.24, 2.45) is 0 Å². The highest BCUT2D eigenvalue weighted by atomic mass is 32.1. The molecule has 5 aromatic rings. The van der Waals surface area contributed by atoms with Crippen LogP contribution in [0.1, 0.15) is 17.5 Å². The molecule has 7 heteroatoms. The number of pyridine rings is 1. The number of aromatic amines is 2. The van der Waals surface area contributed by atoms with Crippen LogP contribution in [0.4, 0.5) is 0 Å². The summed E-state index contributed by atoms with van der Waals surface area (Å²) in [6.45, 7) is 0. The van der Waals surface area contributed by atoms with Gasteiger partial charge >= 0.3 is 0 Å². The molecule has 0 unspecified atom stereocenters. The molecule has 26 heavy (non-hydrogen) atoms. The number of aromatic nitrogens is 5. The lowest BCUT2D eigenvalue weighted by Gasteiger charge is -2.09. The SMILES string of the molecule is S=c1[nH][nH]c2c3sc4nc(-c5ccccc5)c5c(c4c3nc[n+]12)CCC5. The molecule has 0 saturated heterocycles. The van der Waals surface area contributed by atoms with Crippen LogP contribution in [0.5, 0.6) is 0 Å². The molecule has 1 aliphatic carbocycles. The van der Waals surface area contributed by atoms with Crippen molar-refractivity contribution in [1.82, 2.24) is 20.2 Å². The van der Waals surface area contributed by atoms with Crippen LogP contribution in [0, 0.1) is 4.77 Å². The minimum atomic E-state index is 0.620. The lowest BCUT2D eigenvalue weighted by molar-refractivity contribution is -0.522. The van der Waals surface area contributed by atoms with Gasteiger partial charge in [-0.25, -0.2) is 4.98 Å². The maximum absolute atomic E-state index is 5.32. The fourth-order valence-electron chi connectivity index (χ4n) is 4.06. The van der Waals surface area contributed by atoms with Crippen molar-refractivity contribution in [3.63, 3.8) is 0 Å². The van der Waals surface area contributed by atoms with Crippen LogP contribution in [0.25, 0.3) is 37.3 Å². The first-order valence-electron chi connectivity index (χ1n) is 8.61. The Morgan fingerprint density at radius 3 is 2.81 bits per heavy atom. The molecule has 4 heterocycles. The highest BCUT2D eigenvalue weighted by Gasteiger charge is 2.26. The summed E-state index contributed by atoms with van der Waals surface area (Å²) in [7, 11) is 0. The minimum absolute atomic E-state index is 0.620. The highest BCUT2D eigenvalue weighted by Crippen LogP contribution is 2.42. The van der Waals surface area contributed by atoms with E-state index in [-0.39, 0.29) is 0 Å². The number of thiophene rings is 1. The van der Waals surface area contributed by atoms with Crippen molar-refractivity contribution in [2.45, 2.75) is 19.3 Å². The van der Waals surface area contributed by atoms with Crippen molar-refractivity contribution in [3.05, 3.63) is 52.6 Å². The molecule has 0 saturated carbocycles. The maximum atomic E-state index is 5.32. The Hall–Kier alpha value is -2.64. The molecule has 2 N–H and O–H groups in total. The van der Waals surface area contributed by atoms with E-state index in [1.165, 1.54) is 28.5 Å². The van der Waals surface area contributed by atoms with Gasteiger partial charge in [-0.2, -0.15) is 14.6 Å². The van der Waals surface area contributed by atoms with Crippen LogP contribution in [0.15, 0.2) is 36.7 Å². The Kier molecular flexibility index (Phi) is 2.90. The first kappa shape index (κ1) is 14.5. The minimum Gasteiger partial charge on any atom is -0.236 e. The van der Waals surface area contributed by atoms with Crippen LogP contribution in [-0.2, 0) is 12.8 Å². The van der Waals surface area contributed by atoms with Crippen LogP contribution >= 0.6 is 23.6 Å². The average molecular weight is 376 g/mol. The number of rotatable bonds is 1. The smallest absolute Gasteiger partial charge is 0.236 e. The second-order valence-electron chi connectivity index (χ2n) is 6.62. The molecule has 0 bridgehead atoms. The second kappa shape index (κ2) is 5.18. The first-order valence-corrected chi connectivity index (χ1v) is 9.84. The molecule has 1 aromatic carbocycles. The Balaban J connectivity index is 1.78. The van der Waals surface area contributed by atoms with Crippen LogP contribution < -0.4 is 4.40 Å². The molecule has 0 aliphatic heterocycles. The topological polar surface area (TPSA) is 61.5 Å². The number of aryl methyl sites for hydroxylation is 1. The van der Waals surface area contributed by atoms with E-state index in [1.54, 1.807) is 17.7 Å². The Morgan fingerprint density at radius 1 is 1.08 bits per heavy atom. The monoisotopic (exact) mass is 376 g/mol. The number of fused-ring (bicyclic) bond motifs is 7. The van der Waals surface area contributed by atoms with Gasteiger partial charge in [0, 0.05) is 5.56 Å². The molecule has 1 aliphatic rings. The molecule has 0 atom stereocenters. The number of benzene rings is 1. The van der Waals surface area contributed by atoms with Crippen molar-refractivity contribution in [1.29, 1.82) is 0 Å². The Morgan fingerprint density at radius 2 is 1.92 bits per heavy atom. The van der Waals surface area contributed by atoms with Crippen LogP contribution in [0.3, 0.4) is 0 Å². The molecule has 126 valence electrons. The van der Waals surface area contributed by atoms with E-state index in [1.807, 2.05) is 10.5 Å². The summed E-state index contributed by atoms with van der Waals surface area (Å²) in [4.78, 5) is 10.9. The van der Waals surface area contributed by atoms with E-state index in [0.29, 0.717) is 4.77 Å². The van der Waals surface area contributed by atoms with Gasteiger partial charge in [0.05, 0.1) is 11.1 Å². The predicted octanol–water partition coefficient (Wildman–Crippen LogP) is 4.12. The number of nitrogens with zero attached hydrogens (tertiary/aromatic N) is 3. The van der Waals surface area contributed by atoms with Crippen molar-refractivity contribution >= 4 is 49.6 Å². The van der Waals surface area contributed by atoms with Crippen molar-refractivity contribution < 1.29 is 4.40 Å². The molecule has 0 fully saturated rings. The quantitative estimate of drug-likeness (QED) is 0.342. The van der Waals surface area contributed by atoms with Crippen molar-refractivity contribution in [2.75, 3.05) is 0 Å². The standard InChI is InChI=1S/C19H13N5S2/c25-19-23-22-17-16-15(20-9-24(17)19)13-11-7-4-8-12(11)14(21-18(13)26-16)10-5-2-1-3-6-10/h1-3,5-6,9H,4,7-8H2,(H,23,25)/p+1. The summed E-state index contributed by atoms with van der Waals surface area (Å²) in [6, 6.07) is 10.5. The third kappa shape index (κ3) is 1.84. The van der Waals surface area contributed by atoms with E-state index in [9.17, 15) is 0 Å². The first-order chi connectivity index (χ1) is 12.8. The molecule has 6 rings (SSSR count). The Labute approximate surface area is 157 Å². The fraction of sp³-hybridized carbons (Fsp3) is 0.158. The van der Waals surface area contributed by atoms with Gasteiger partial charge < -0.3 is 0 Å². The number of H-pyrrole nitrogens is 2. The predicted molar refractivity (Wildman–Crippen MR) is 105 cm³/mol. The van der Waals surface area contributed by atoms with Gasteiger partial charge in [0.1, 0.15) is 9.53 Å². The third-order valence-corrected chi connectivity index (χ3v) is 6.57. The number of nitrogens with one attached hydrogen (secondary N) is 2. The maximum Gasteiger partial charge on any atom is 0.297 e. The summed E-state index contributed by atoms with van der Waals surface area (Å²) in [6.07, 6.45) is 5.15. The van der Waals surface area contributed by atoms with Crippen LogP contribution in [-0.4, -0.2) is 20.2 Å². The van der Waals surface area contributed by atoms with E-state index in [4.69, 9.17) is 22.2 Å². The second-order valence-corrected chi connectivity index (χ2v) is 8.00. The summed E-state index contributed by atoms with van der Waals surface area (Å²) >= 11 is 7.01. The molecular formula is C19H14N5S2+. The molecule has 4 aromatic heterocycles. The van der Waals surface area contributed by atoms with Crippen LogP contribution in [0.2, 0.25) is 0 Å². The van der Waals surface area contributed by atoms with Gasteiger partial charge in [0.2, 0.25) is 6.33 Å². The lowest BCUT2D eigenvalue weighted by Crippen LogP contribution is -2.20. The zero-order chi connectivity index (χ0) is 17.3. The van der Waals surface area contributed by atoms with E-state index in [0.717, 1.165) is 39.2 Å². The third-order valence-electron chi connectivity index (χ3n) is 5.20. The van der Waals surface area contributed by atoms with Gasteiger partial charge in [0.15, 0.2) is 5.52 Å². The van der Waals surface area contributed by atoms with E-state index >= 15 is 0 Å². The number of hydrogen-bond acceptors (Lipinski definition) is 4. The summed E-state index contributed by atoms with van der Waals surface area (Å²) in [5.41, 5.74) is 7.11. The number of hydrogen-bond donors (Lipinski definition) is 2. The summed E-state index contributed by atoms with van der Waals surface area (Å²) in [5, 5.41) is 7.41. The molecule has 0 spiro atoms. The molecule has 0 radical (unpaired) electrons. The highest BCUT2D eigenvalue weighted by molar-refractivity contribution is 7.71. The zero-order valence-corrected chi connectivity index (χ0v) is 15.4. The summed E-state index contributed by atoms with van der Waals surface area (Å²) in [5.74, 6) is 0. The largest absolute Gasteiger partial charge is 0.297 e. The molecule has 0 amide bonds. The van der Waals surface area contributed by atoms with Gasteiger partial charge in [0.25, 0.3) is 10.4 Å². The van der Waals surface area contributed by atoms with Gasteiger partial charge in [-0.1, -0.05) is 30.3 Å². The van der Waals surface area contributed by atoms with E-state index in [2.05, 4.69) is 34.5 Å². The Bertz CT molecular complexity index is 1380. The fourth-order valence-corrected chi connectivity index (χ4v) is 5.40.